The Bertz CT molecular complexity index is 1110. The monoisotopic (exact) mass is 414 g/mol. The van der Waals surface area contributed by atoms with Crippen molar-refractivity contribution in [1.82, 2.24) is 14.5 Å². The summed E-state index contributed by atoms with van der Waals surface area (Å²) in [6.07, 6.45) is 1.20. The minimum absolute atomic E-state index is 0.0450. The molecule has 0 spiro atoms. The van der Waals surface area contributed by atoms with E-state index in [9.17, 15) is 18.8 Å². The fraction of sp³-hybridized carbons (Fsp3) is 0.250. The van der Waals surface area contributed by atoms with Crippen LogP contribution in [0, 0.1) is 5.82 Å². The highest BCUT2D eigenvalue weighted by Crippen LogP contribution is 2.17. The predicted octanol–water partition coefficient (Wildman–Crippen LogP) is 1.75. The molecule has 4 rings (SSSR count). The van der Waals surface area contributed by atoms with Crippen LogP contribution in [0.15, 0.2) is 57.6 Å². The van der Waals surface area contributed by atoms with Crippen molar-refractivity contribution in [3.05, 3.63) is 85.1 Å². The summed E-state index contributed by atoms with van der Waals surface area (Å²) in [7, 11) is 0. The summed E-state index contributed by atoms with van der Waals surface area (Å²) < 4.78 is 14.1. The molecule has 1 aliphatic heterocycles. The quantitative estimate of drug-likeness (QED) is 0.706. The van der Waals surface area contributed by atoms with E-state index in [2.05, 4.69) is 9.88 Å². The van der Waals surface area contributed by atoms with Crippen LogP contribution in [0.2, 0.25) is 0 Å². The molecule has 9 heteroatoms. The Hall–Kier alpha value is -3.20. The number of hydrogen-bond acceptors (Lipinski definition) is 5. The van der Waals surface area contributed by atoms with Crippen LogP contribution in [-0.4, -0.2) is 46.5 Å². The van der Waals surface area contributed by atoms with Crippen LogP contribution in [0.25, 0.3) is 0 Å². The number of halogens is 1. The van der Waals surface area contributed by atoms with Gasteiger partial charge in [0, 0.05) is 42.9 Å². The number of thiophene rings is 1. The van der Waals surface area contributed by atoms with Crippen LogP contribution in [0.4, 0.5) is 10.1 Å². The second-order valence-corrected chi connectivity index (χ2v) is 7.77. The van der Waals surface area contributed by atoms with Gasteiger partial charge in [-0.1, -0.05) is 6.07 Å². The smallest absolute Gasteiger partial charge is 0.328 e. The van der Waals surface area contributed by atoms with Crippen LogP contribution in [0.3, 0.4) is 0 Å². The van der Waals surface area contributed by atoms with E-state index in [1.165, 1.54) is 29.7 Å². The molecule has 1 saturated heterocycles. The molecule has 2 aromatic heterocycles. The molecule has 0 unspecified atom stereocenters. The van der Waals surface area contributed by atoms with E-state index in [1.807, 2.05) is 17.5 Å². The van der Waals surface area contributed by atoms with Crippen molar-refractivity contribution in [2.75, 3.05) is 31.1 Å². The lowest BCUT2D eigenvalue weighted by Crippen LogP contribution is -2.50. The second kappa shape index (κ2) is 8.04. The van der Waals surface area contributed by atoms with Gasteiger partial charge in [-0.2, -0.15) is 0 Å². The first-order chi connectivity index (χ1) is 14.0. The Morgan fingerprint density at radius 1 is 1.07 bits per heavy atom. The van der Waals surface area contributed by atoms with Crippen LogP contribution in [0.1, 0.15) is 15.2 Å². The van der Waals surface area contributed by atoms with E-state index in [1.54, 1.807) is 17.0 Å². The van der Waals surface area contributed by atoms with Crippen LogP contribution < -0.4 is 16.1 Å². The zero-order valence-corrected chi connectivity index (χ0v) is 16.3. The van der Waals surface area contributed by atoms with E-state index in [0.717, 1.165) is 15.1 Å². The van der Waals surface area contributed by atoms with Gasteiger partial charge in [-0.3, -0.25) is 14.2 Å². The number of carbonyl (C=O) groups excluding carboxylic acids is 1. The van der Waals surface area contributed by atoms with Crippen LogP contribution >= 0.6 is 11.3 Å². The summed E-state index contributed by atoms with van der Waals surface area (Å²) in [6, 6.07) is 9.90. The number of carbonyl (C=O) groups is 1. The van der Waals surface area contributed by atoms with Crippen molar-refractivity contribution >= 4 is 22.9 Å². The van der Waals surface area contributed by atoms with Crippen molar-refractivity contribution < 1.29 is 9.18 Å². The standard InChI is InChI=1S/C20H19FN4O3S/c21-14-3-5-15(6-4-14)23-7-9-24(10-8-23)18(26)17-12-22-20(28)25(19(17)27)13-16-2-1-11-29-16/h1-6,11-12H,7-10,13H2,(H,22,28). The molecule has 150 valence electrons. The maximum Gasteiger partial charge on any atom is 0.328 e. The number of nitrogens with zero attached hydrogens (tertiary/aromatic N) is 3. The molecule has 1 N–H and O–H groups in total. The summed E-state index contributed by atoms with van der Waals surface area (Å²) >= 11 is 1.44. The third-order valence-corrected chi connectivity index (χ3v) is 5.80. The highest BCUT2D eigenvalue weighted by molar-refractivity contribution is 7.09. The highest BCUT2D eigenvalue weighted by atomic mass is 32.1. The van der Waals surface area contributed by atoms with Crippen molar-refractivity contribution in [2.24, 2.45) is 0 Å². The van der Waals surface area contributed by atoms with E-state index < -0.39 is 17.2 Å². The lowest BCUT2D eigenvalue weighted by molar-refractivity contribution is 0.0743. The average Bonchev–Trinajstić information content (AvgIpc) is 3.25. The molecule has 0 radical (unpaired) electrons. The molecule has 0 aliphatic carbocycles. The fourth-order valence-corrected chi connectivity index (χ4v) is 4.05. The zero-order valence-electron chi connectivity index (χ0n) is 15.5. The minimum atomic E-state index is -0.590. The molecule has 1 fully saturated rings. The molecule has 0 saturated carbocycles. The Morgan fingerprint density at radius 2 is 1.79 bits per heavy atom. The van der Waals surface area contributed by atoms with Gasteiger partial charge in [-0.15, -0.1) is 11.3 Å². The van der Waals surface area contributed by atoms with E-state index in [-0.39, 0.29) is 17.9 Å². The maximum atomic E-state index is 13.1. The van der Waals surface area contributed by atoms with Crippen molar-refractivity contribution in [3.8, 4) is 0 Å². The lowest BCUT2D eigenvalue weighted by atomic mass is 10.2. The van der Waals surface area contributed by atoms with E-state index in [0.29, 0.717) is 26.2 Å². The van der Waals surface area contributed by atoms with Gasteiger partial charge in [0.25, 0.3) is 11.5 Å². The number of aromatic amines is 1. The van der Waals surface area contributed by atoms with E-state index >= 15 is 0 Å². The fourth-order valence-electron chi connectivity index (χ4n) is 3.36. The van der Waals surface area contributed by atoms with Gasteiger partial charge in [0.2, 0.25) is 0 Å². The summed E-state index contributed by atoms with van der Waals surface area (Å²) in [5.74, 6) is -0.690. The first kappa shape index (κ1) is 19.1. The van der Waals surface area contributed by atoms with Crippen molar-refractivity contribution in [3.63, 3.8) is 0 Å². The summed E-state index contributed by atoms with van der Waals surface area (Å²) in [4.78, 5) is 44.8. The number of H-pyrrole nitrogens is 1. The number of benzene rings is 1. The molecule has 7 nitrogen and oxygen atoms in total. The van der Waals surface area contributed by atoms with E-state index in [4.69, 9.17) is 0 Å². The highest BCUT2D eigenvalue weighted by Gasteiger charge is 2.25. The van der Waals surface area contributed by atoms with Crippen molar-refractivity contribution in [1.29, 1.82) is 0 Å². The first-order valence-electron chi connectivity index (χ1n) is 9.17. The lowest BCUT2D eigenvalue weighted by Gasteiger charge is -2.36. The summed E-state index contributed by atoms with van der Waals surface area (Å²) in [5, 5.41) is 1.87. The number of aromatic nitrogens is 2. The number of amides is 1. The van der Waals surface area contributed by atoms with Gasteiger partial charge in [-0.25, -0.2) is 9.18 Å². The van der Waals surface area contributed by atoms with Crippen LogP contribution in [0.5, 0.6) is 0 Å². The molecule has 29 heavy (non-hydrogen) atoms. The third kappa shape index (κ3) is 4.00. The summed E-state index contributed by atoms with van der Waals surface area (Å²) in [5.41, 5.74) is -0.286. The Morgan fingerprint density at radius 3 is 2.45 bits per heavy atom. The minimum Gasteiger partial charge on any atom is -0.368 e. The van der Waals surface area contributed by atoms with Gasteiger partial charge in [-0.05, 0) is 35.7 Å². The number of piperazine rings is 1. The molecular weight excluding hydrogens is 395 g/mol. The molecule has 1 amide bonds. The second-order valence-electron chi connectivity index (χ2n) is 6.73. The molecule has 1 aliphatic rings. The van der Waals surface area contributed by atoms with Gasteiger partial charge < -0.3 is 14.8 Å². The number of nitrogens with one attached hydrogen (secondary N) is 1. The Balaban J connectivity index is 1.49. The number of rotatable bonds is 4. The third-order valence-electron chi connectivity index (χ3n) is 4.94. The van der Waals surface area contributed by atoms with Gasteiger partial charge >= 0.3 is 5.69 Å². The molecule has 0 atom stereocenters. The van der Waals surface area contributed by atoms with Crippen molar-refractivity contribution in [2.45, 2.75) is 6.54 Å². The topological polar surface area (TPSA) is 78.4 Å². The van der Waals surface area contributed by atoms with Gasteiger partial charge in [0.1, 0.15) is 11.4 Å². The largest absolute Gasteiger partial charge is 0.368 e. The predicted molar refractivity (Wildman–Crippen MR) is 109 cm³/mol. The molecule has 0 bridgehead atoms. The molecule has 3 heterocycles. The zero-order chi connectivity index (χ0) is 20.4. The van der Waals surface area contributed by atoms with Gasteiger partial charge in [0.15, 0.2) is 0 Å². The normalized spacial score (nSPS) is 14.2. The maximum absolute atomic E-state index is 13.1. The molecule has 1 aromatic carbocycles. The summed E-state index contributed by atoms with van der Waals surface area (Å²) in [6.45, 7) is 2.14. The molecular formula is C20H19FN4O3S. The number of hydrogen-bond donors (Lipinski definition) is 1. The number of anilines is 1. The Kier molecular flexibility index (Phi) is 5.30. The SMILES string of the molecule is O=C(c1c[nH]c(=O)n(Cc2cccs2)c1=O)N1CCN(c2ccc(F)cc2)CC1. The first-order valence-corrected chi connectivity index (χ1v) is 10.1. The molecule has 3 aromatic rings. The Labute approximate surface area is 169 Å². The average molecular weight is 414 g/mol. The van der Waals surface area contributed by atoms with Gasteiger partial charge in [0.05, 0.1) is 6.54 Å². The van der Waals surface area contributed by atoms with Crippen LogP contribution in [-0.2, 0) is 6.54 Å².